The third-order valence-corrected chi connectivity index (χ3v) is 6.24. The molecule has 2 aromatic heterocycles. The van der Waals surface area contributed by atoms with Crippen LogP contribution in [0.3, 0.4) is 0 Å². The number of rotatable bonds is 6. The molecule has 1 N–H and O–H groups in total. The van der Waals surface area contributed by atoms with E-state index >= 15 is 0 Å². The number of aromatic nitrogens is 2. The van der Waals surface area contributed by atoms with Crippen LogP contribution in [0, 0.1) is 12.8 Å². The zero-order valence-electron chi connectivity index (χ0n) is 18.8. The monoisotopic (exact) mass is 444 g/mol. The van der Waals surface area contributed by atoms with E-state index in [2.05, 4.69) is 24.1 Å². The SMILES string of the molecule is Cc1nc([C@H](C)NC(=O)c2cn(CC(C)C)cc(C(=O)N3CCCCCC3)c2=O)cs1. The average Bonchev–Trinajstić information content (AvgIpc) is 2.98. The number of pyridine rings is 1. The molecule has 0 spiro atoms. The lowest BCUT2D eigenvalue weighted by atomic mass is 10.1. The zero-order chi connectivity index (χ0) is 22.5. The first-order chi connectivity index (χ1) is 14.8. The number of nitrogens with zero attached hydrogens (tertiary/aromatic N) is 3. The summed E-state index contributed by atoms with van der Waals surface area (Å²) in [6, 6.07) is -0.333. The number of thiazole rings is 1. The van der Waals surface area contributed by atoms with Crippen LogP contribution in [-0.4, -0.2) is 39.4 Å². The van der Waals surface area contributed by atoms with Gasteiger partial charge in [-0.15, -0.1) is 11.3 Å². The first-order valence-corrected chi connectivity index (χ1v) is 11.9. The Morgan fingerprint density at radius 3 is 2.32 bits per heavy atom. The summed E-state index contributed by atoms with van der Waals surface area (Å²) in [6.07, 6.45) is 7.25. The lowest BCUT2D eigenvalue weighted by Gasteiger charge is -2.21. The molecule has 1 fully saturated rings. The second kappa shape index (κ2) is 10.2. The van der Waals surface area contributed by atoms with Crippen molar-refractivity contribution in [1.29, 1.82) is 0 Å². The number of hydrogen-bond donors (Lipinski definition) is 1. The van der Waals surface area contributed by atoms with Crippen molar-refractivity contribution in [2.45, 2.75) is 66.0 Å². The Labute approximate surface area is 187 Å². The Hall–Kier alpha value is -2.48. The van der Waals surface area contributed by atoms with E-state index in [0.717, 1.165) is 36.4 Å². The Morgan fingerprint density at radius 2 is 1.74 bits per heavy atom. The second-order valence-electron chi connectivity index (χ2n) is 8.70. The van der Waals surface area contributed by atoms with Crippen LogP contribution < -0.4 is 10.7 Å². The molecule has 0 radical (unpaired) electrons. The number of aryl methyl sites for hydroxylation is 1. The van der Waals surface area contributed by atoms with Crippen LogP contribution >= 0.6 is 11.3 Å². The molecule has 31 heavy (non-hydrogen) atoms. The van der Waals surface area contributed by atoms with Crippen molar-refractivity contribution in [2.24, 2.45) is 5.92 Å². The standard InChI is InChI=1S/C23H32N4O3S/c1-15(2)11-26-12-18(22(29)24-16(3)20-14-31-17(4)25-20)21(28)19(13-26)23(30)27-9-7-5-6-8-10-27/h12-16H,5-11H2,1-4H3,(H,24,29)/t16-/m0/s1. The molecule has 2 amide bonds. The van der Waals surface area contributed by atoms with Crippen LogP contribution in [0.2, 0.25) is 0 Å². The maximum Gasteiger partial charge on any atom is 0.259 e. The summed E-state index contributed by atoms with van der Waals surface area (Å²) in [6.45, 7) is 9.78. The lowest BCUT2D eigenvalue weighted by molar-refractivity contribution is 0.0759. The highest BCUT2D eigenvalue weighted by Crippen LogP contribution is 2.17. The molecule has 3 rings (SSSR count). The van der Waals surface area contributed by atoms with Gasteiger partial charge in [0, 0.05) is 37.4 Å². The van der Waals surface area contributed by atoms with Crippen molar-refractivity contribution >= 4 is 23.2 Å². The molecular weight excluding hydrogens is 412 g/mol. The molecule has 168 valence electrons. The Kier molecular flexibility index (Phi) is 7.64. The minimum atomic E-state index is -0.506. The average molecular weight is 445 g/mol. The molecule has 0 aliphatic carbocycles. The largest absolute Gasteiger partial charge is 0.352 e. The predicted octanol–water partition coefficient (Wildman–Crippen LogP) is 3.78. The lowest BCUT2D eigenvalue weighted by Crippen LogP contribution is -2.39. The molecule has 1 aliphatic heterocycles. The van der Waals surface area contributed by atoms with Gasteiger partial charge in [-0.1, -0.05) is 26.7 Å². The fourth-order valence-corrected chi connectivity index (χ4v) is 4.55. The van der Waals surface area contributed by atoms with Crippen molar-refractivity contribution in [1.82, 2.24) is 19.8 Å². The fraction of sp³-hybridized carbons (Fsp3) is 0.565. The molecule has 7 nitrogen and oxygen atoms in total. The summed E-state index contributed by atoms with van der Waals surface area (Å²) in [5.74, 6) is -0.454. The number of likely N-dealkylation sites (tertiary alicyclic amines) is 1. The number of carbonyl (C=O) groups is 2. The minimum Gasteiger partial charge on any atom is -0.352 e. The van der Waals surface area contributed by atoms with Crippen LogP contribution in [0.1, 0.15) is 83.9 Å². The first kappa shape index (κ1) is 23.2. The maximum atomic E-state index is 13.2. The van der Waals surface area contributed by atoms with E-state index in [-0.39, 0.29) is 23.1 Å². The van der Waals surface area contributed by atoms with Gasteiger partial charge in [-0.05, 0) is 32.6 Å². The number of nitrogens with one attached hydrogen (secondary N) is 1. The number of carbonyl (C=O) groups excluding carboxylic acids is 2. The molecule has 2 aromatic rings. The van der Waals surface area contributed by atoms with Crippen LogP contribution in [0.5, 0.6) is 0 Å². The smallest absolute Gasteiger partial charge is 0.259 e. The number of hydrogen-bond acceptors (Lipinski definition) is 5. The van der Waals surface area contributed by atoms with Crippen LogP contribution in [0.25, 0.3) is 0 Å². The summed E-state index contributed by atoms with van der Waals surface area (Å²) in [4.78, 5) is 45.6. The van der Waals surface area contributed by atoms with Gasteiger partial charge in [0.15, 0.2) is 0 Å². The van der Waals surface area contributed by atoms with Gasteiger partial charge in [0.05, 0.1) is 16.7 Å². The topological polar surface area (TPSA) is 84.3 Å². The molecule has 0 saturated carbocycles. The van der Waals surface area contributed by atoms with E-state index in [1.807, 2.05) is 19.2 Å². The fourth-order valence-electron chi connectivity index (χ4n) is 3.84. The summed E-state index contributed by atoms with van der Waals surface area (Å²) in [5.41, 5.74) is 0.330. The molecular formula is C23H32N4O3S. The van der Waals surface area contributed by atoms with Crippen molar-refractivity contribution in [2.75, 3.05) is 13.1 Å². The van der Waals surface area contributed by atoms with E-state index in [9.17, 15) is 14.4 Å². The third kappa shape index (κ3) is 5.81. The predicted molar refractivity (Wildman–Crippen MR) is 123 cm³/mol. The van der Waals surface area contributed by atoms with Gasteiger partial charge in [0.1, 0.15) is 11.1 Å². The highest BCUT2D eigenvalue weighted by molar-refractivity contribution is 7.09. The summed E-state index contributed by atoms with van der Waals surface area (Å²) >= 11 is 1.51. The van der Waals surface area contributed by atoms with E-state index < -0.39 is 11.3 Å². The van der Waals surface area contributed by atoms with Crippen molar-refractivity contribution in [3.63, 3.8) is 0 Å². The van der Waals surface area contributed by atoms with Gasteiger partial charge in [-0.2, -0.15) is 0 Å². The summed E-state index contributed by atoms with van der Waals surface area (Å²) < 4.78 is 1.80. The quantitative estimate of drug-likeness (QED) is 0.735. The van der Waals surface area contributed by atoms with Crippen LogP contribution in [0.15, 0.2) is 22.6 Å². The molecule has 8 heteroatoms. The van der Waals surface area contributed by atoms with Gasteiger partial charge < -0.3 is 14.8 Å². The summed E-state index contributed by atoms with van der Waals surface area (Å²) in [7, 11) is 0. The van der Waals surface area contributed by atoms with E-state index in [1.165, 1.54) is 11.3 Å². The van der Waals surface area contributed by atoms with E-state index in [4.69, 9.17) is 0 Å². The molecule has 3 heterocycles. The van der Waals surface area contributed by atoms with Crippen molar-refractivity contribution in [3.8, 4) is 0 Å². The minimum absolute atomic E-state index is 0.000114. The maximum absolute atomic E-state index is 13.2. The highest BCUT2D eigenvalue weighted by atomic mass is 32.1. The van der Waals surface area contributed by atoms with Gasteiger partial charge in [-0.25, -0.2) is 4.98 Å². The summed E-state index contributed by atoms with van der Waals surface area (Å²) in [5, 5.41) is 5.69. The first-order valence-electron chi connectivity index (χ1n) is 11.0. The molecule has 0 unspecified atom stereocenters. The molecule has 0 aromatic carbocycles. The molecule has 1 aliphatic rings. The zero-order valence-corrected chi connectivity index (χ0v) is 19.6. The Bertz CT molecular complexity index is 987. The van der Waals surface area contributed by atoms with Gasteiger partial charge in [0.2, 0.25) is 5.43 Å². The molecule has 1 saturated heterocycles. The highest BCUT2D eigenvalue weighted by Gasteiger charge is 2.25. The third-order valence-electron chi connectivity index (χ3n) is 5.45. The van der Waals surface area contributed by atoms with Crippen LogP contribution in [-0.2, 0) is 6.54 Å². The van der Waals surface area contributed by atoms with E-state index in [1.54, 1.807) is 21.9 Å². The van der Waals surface area contributed by atoms with Gasteiger partial charge in [-0.3, -0.25) is 14.4 Å². The van der Waals surface area contributed by atoms with E-state index in [0.29, 0.717) is 25.6 Å². The Balaban J connectivity index is 1.92. The van der Waals surface area contributed by atoms with Crippen molar-refractivity contribution in [3.05, 3.63) is 49.8 Å². The second-order valence-corrected chi connectivity index (χ2v) is 9.76. The van der Waals surface area contributed by atoms with Crippen molar-refractivity contribution < 1.29 is 9.59 Å². The molecule has 0 bridgehead atoms. The normalized spacial score (nSPS) is 15.6. The van der Waals surface area contributed by atoms with Crippen LogP contribution in [0.4, 0.5) is 0 Å². The molecule has 1 atom stereocenters. The van der Waals surface area contributed by atoms with Gasteiger partial charge in [0.25, 0.3) is 11.8 Å². The van der Waals surface area contributed by atoms with Gasteiger partial charge >= 0.3 is 0 Å². The number of amides is 2. The Morgan fingerprint density at radius 1 is 1.10 bits per heavy atom.